The van der Waals surface area contributed by atoms with Crippen molar-refractivity contribution in [2.45, 2.75) is 20.8 Å². The Kier molecular flexibility index (Phi) is 3.72. The summed E-state index contributed by atoms with van der Waals surface area (Å²) in [5.74, 6) is -0.252. The topological polar surface area (TPSA) is 64.3 Å². The number of benzene rings is 1. The fraction of sp³-hybridized carbons (Fsp3) is 0.286. The first-order valence-electron chi connectivity index (χ1n) is 6.02. The minimum Gasteiger partial charge on any atom is -0.477 e. The van der Waals surface area contributed by atoms with Gasteiger partial charge in [-0.05, 0) is 44.0 Å². The van der Waals surface area contributed by atoms with Crippen molar-refractivity contribution in [1.29, 1.82) is 0 Å². The second-order valence-corrected chi connectivity index (χ2v) is 5.10. The van der Waals surface area contributed by atoms with Gasteiger partial charge in [-0.2, -0.15) is 5.10 Å². The zero-order valence-electron chi connectivity index (χ0n) is 11.7. The molecule has 0 radical (unpaired) electrons. The number of hydrogen-bond donors (Lipinski definition) is 1. The molecule has 6 heteroatoms. The molecule has 0 aliphatic carbocycles. The second-order valence-electron chi connectivity index (χ2n) is 4.67. The van der Waals surface area contributed by atoms with Crippen LogP contribution in [0.4, 0.5) is 0 Å². The molecule has 1 aromatic heterocycles. The van der Waals surface area contributed by atoms with E-state index < -0.39 is 5.97 Å². The third kappa shape index (κ3) is 2.49. The summed E-state index contributed by atoms with van der Waals surface area (Å²) >= 11 is 5.98. The van der Waals surface area contributed by atoms with Crippen LogP contribution in [0.25, 0.3) is 0 Å². The Morgan fingerprint density at radius 3 is 2.35 bits per heavy atom. The van der Waals surface area contributed by atoms with Crippen molar-refractivity contribution in [3.05, 3.63) is 39.5 Å². The van der Waals surface area contributed by atoms with E-state index in [-0.39, 0.29) is 11.4 Å². The van der Waals surface area contributed by atoms with E-state index in [9.17, 15) is 9.90 Å². The zero-order valence-corrected chi connectivity index (χ0v) is 12.4. The Balaban J connectivity index is 2.54. The second kappa shape index (κ2) is 5.17. The van der Waals surface area contributed by atoms with Crippen molar-refractivity contribution >= 4 is 17.6 Å². The van der Waals surface area contributed by atoms with Gasteiger partial charge in [-0.1, -0.05) is 11.6 Å². The predicted octanol–water partition coefficient (Wildman–Crippen LogP) is 3.49. The minimum absolute atomic E-state index is 0.0706. The first-order chi connectivity index (χ1) is 9.31. The number of nitrogens with zero attached hydrogens (tertiary/aromatic N) is 2. The van der Waals surface area contributed by atoms with Gasteiger partial charge in [0, 0.05) is 12.1 Å². The van der Waals surface area contributed by atoms with E-state index in [1.54, 1.807) is 26.1 Å². The Morgan fingerprint density at radius 1 is 1.30 bits per heavy atom. The highest BCUT2D eigenvalue weighted by Crippen LogP contribution is 2.33. The molecule has 1 N–H and O–H groups in total. The lowest BCUT2D eigenvalue weighted by atomic mass is 10.1. The highest BCUT2D eigenvalue weighted by Gasteiger charge is 2.22. The van der Waals surface area contributed by atoms with Crippen LogP contribution in [0, 0.1) is 20.8 Å². The average molecular weight is 295 g/mol. The van der Waals surface area contributed by atoms with Crippen molar-refractivity contribution in [3.8, 4) is 11.6 Å². The Labute approximate surface area is 121 Å². The number of rotatable bonds is 3. The molecular weight excluding hydrogens is 280 g/mol. The summed E-state index contributed by atoms with van der Waals surface area (Å²) in [6, 6.07) is 3.54. The van der Waals surface area contributed by atoms with Crippen LogP contribution in [0.5, 0.6) is 11.6 Å². The van der Waals surface area contributed by atoms with Gasteiger partial charge in [0.25, 0.3) is 0 Å². The van der Waals surface area contributed by atoms with E-state index in [0.717, 1.165) is 11.1 Å². The summed E-state index contributed by atoms with van der Waals surface area (Å²) < 4.78 is 7.22. The molecule has 0 saturated heterocycles. The maximum atomic E-state index is 11.3. The molecular formula is C14H15ClN2O3. The molecule has 2 aromatic rings. The quantitative estimate of drug-likeness (QED) is 0.941. The molecule has 1 heterocycles. The largest absolute Gasteiger partial charge is 0.477 e. The number of carboxylic acid groups (broad SMARTS) is 1. The van der Waals surface area contributed by atoms with Gasteiger partial charge in [-0.15, -0.1) is 0 Å². The lowest BCUT2D eigenvalue weighted by molar-refractivity contribution is 0.0693. The Morgan fingerprint density at radius 2 is 1.85 bits per heavy atom. The van der Waals surface area contributed by atoms with Gasteiger partial charge in [0.15, 0.2) is 0 Å². The van der Waals surface area contributed by atoms with E-state index in [2.05, 4.69) is 5.10 Å². The van der Waals surface area contributed by atoms with Crippen LogP contribution in [0.15, 0.2) is 12.1 Å². The molecule has 0 atom stereocenters. The molecule has 0 bridgehead atoms. The summed E-state index contributed by atoms with van der Waals surface area (Å²) in [7, 11) is 1.65. The molecule has 2 rings (SSSR count). The van der Waals surface area contributed by atoms with Gasteiger partial charge in [0.05, 0.1) is 5.69 Å². The lowest BCUT2D eigenvalue weighted by Crippen LogP contribution is -2.03. The molecule has 5 nitrogen and oxygen atoms in total. The molecule has 0 fully saturated rings. The normalized spacial score (nSPS) is 10.7. The van der Waals surface area contributed by atoms with Crippen molar-refractivity contribution in [3.63, 3.8) is 0 Å². The molecule has 1 aromatic carbocycles. The third-order valence-electron chi connectivity index (χ3n) is 3.01. The number of carboxylic acids is 1. The van der Waals surface area contributed by atoms with E-state index >= 15 is 0 Å². The molecule has 0 unspecified atom stereocenters. The van der Waals surface area contributed by atoms with Crippen LogP contribution in [0.1, 0.15) is 27.2 Å². The number of hydrogen-bond acceptors (Lipinski definition) is 3. The summed E-state index contributed by atoms with van der Waals surface area (Å²) in [5.41, 5.74) is 2.16. The molecule has 0 aliphatic heterocycles. The minimum atomic E-state index is -1.06. The van der Waals surface area contributed by atoms with E-state index in [0.29, 0.717) is 16.5 Å². The predicted molar refractivity (Wildman–Crippen MR) is 75.9 cm³/mol. The van der Waals surface area contributed by atoms with Crippen LogP contribution in [0.3, 0.4) is 0 Å². The number of aryl methyl sites for hydroxylation is 4. The molecule has 20 heavy (non-hydrogen) atoms. The molecule has 0 amide bonds. The van der Waals surface area contributed by atoms with Gasteiger partial charge < -0.3 is 9.84 Å². The summed E-state index contributed by atoms with van der Waals surface area (Å²) in [6.07, 6.45) is 0. The van der Waals surface area contributed by atoms with Crippen LogP contribution < -0.4 is 4.74 Å². The fourth-order valence-corrected chi connectivity index (χ4v) is 2.48. The standard InChI is InChI=1S/C14H15ClN2O3/c1-7-5-10(15)6-8(2)12(7)20-13-11(14(18)19)9(3)16-17(13)4/h5-6H,1-4H3,(H,18,19). The zero-order chi connectivity index (χ0) is 15.0. The Bertz CT molecular complexity index is 669. The smallest absolute Gasteiger partial charge is 0.343 e. The number of carbonyl (C=O) groups is 1. The highest BCUT2D eigenvalue weighted by molar-refractivity contribution is 6.30. The van der Waals surface area contributed by atoms with Crippen molar-refractivity contribution < 1.29 is 14.6 Å². The van der Waals surface area contributed by atoms with Crippen LogP contribution in [0.2, 0.25) is 5.02 Å². The van der Waals surface area contributed by atoms with Crippen molar-refractivity contribution in [1.82, 2.24) is 9.78 Å². The van der Waals surface area contributed by atoms with Gasteiger partial charge >= 0.3 is 5.97 Å². The van der Waals surface area contributed by atoms with E-state index in [1.165, 1.54) is 4.68 Å². The molecule has 0 saturated carbocycles. The van der Waals surface area contributed by atoms with Crippen molar-refractivity contribution in [2.24, 2.45) is 7.05 Å². The van der Waals surface area contributed by atoms with Crippen LogP contribution in [-0.4, -0.2) is 20.9 Å². The first kappa shape index (κ1) is 14.4. The highest BCUT2D eigenvalue weighted by atomic mass is 35.5. The number of aromatic carboxylic acids is 1. The summed E-state index contributed by atoms with van der Waals surface area (Å²) in [5, 5.41) is 14.0. The fourth-order valence-electron chi connectivity index (χ4n) is 2.16. The SMILES string of the molecule is Cc1cc(Cl)cc(C)c1Oc1c(C(=O)O)c(C)nn1C. The number of ether oxygens (including phenoxy) is 1. The molecule has 0 spiro atoms. The maximum Gasteiger partial charge on any atom is 0.343 e. The Hall–Kier alpha value is -2.01. The van der Waals surface area contributed by atoms with E-state index in [1.807, 2.05) is 13.8 Å². The van der Waals surface area contributed by atoms with Crippen molar-refractivity contribution in [2.75, 3.05) is 0 Å². The molecule has 106 valence electrons. The van der Waals surface area contributed by atoms with Crippen LogP contribution in [-0.2, 0) is 7.05 Å². The number of aromatic nitrogens is 2. The van der Waals surface area contributed by atoms with Gasteiger partial charge in [0.2, 0.25) is 5.88 Å². The van der Waals surface area contributed by atoms with Gasteiger partial charge in [-0.3, -0.25) is 0 Å². The van der Waals surface area contributed by atoms with E-state index in [4.69, 9.17) is 16.3 Å². The van der Waals surface area contributed by atoms with Gasteiger partial charge in [-0.25, -0.2) is 9.48 Å². The summed E-state index contributed by atoms with van der Waals surface area (Å²) in [6.45, 7) is 5.35. The maximum absolute atomic E-state index is 11.3. The summed E-state index contributed by atoms with van der Waals surface area (Å²) in [4.78, 5) is 11.3. The third-order valence-corrected chi connectivity index (χ3v) is 3.23. The first-order valence-corrected chi connectivity index (χ1v) is 6.40. The average Bonchev–Trinajstić information content (AvgIpc) is 2.58. The van der Waals surface area contributed by atoms with Crippen LogP contribution >= 0.6 is 11.6 Å². The molecule has 0 aliphatic rings. The van der Waals surface area contributed by atoms with Gasteiger partial charge in [0.1, 0.15) is 11.3 Å². The number of halogens is 1. The lowest BCUT2D eigenvalue weighted by Gasteiger charge is -2.13. The monoisotopic (exact) mass is 294 g/mol.